The molecule has 0 amide bonds. The summed E-state index contributed by atoms with van der Waals surface area (Å²) in [5, 5.41) is 10.9. The van der Waals surface area contributed by atoms with Crippen LogP contribution in [0.1, 0.15) is 72.6 Å². The van der Waals surface area contributed by atoms with Crippen molar-refractivity contribution in [1.82, 2.24) is 0 Å². The molecule has 1 N–H and O–H groups in total. The molecule has 2 spiro atoms. The number of hydrogen-bond acceptors (Lipinski definition) is 2. The fourth-order valence-corrected chi connectivity index (χ4v) is 8.60. The topological polar surface area (TPSA) is 29.5 Å². The van der Waals surface area contributed by atoms with Crippen LogP contribution in [-0.4, -0.2) is 17.0 Å². The predicted octanol–water partition coefficient (Wildman–Crippen LogP) is 4.36. The molecule has 2 aliphatic heterocycles. The van der Waals surface area contributed by atoms with Gasteiger partial charge in [-0.1, -0.05) is 20.8 Å². The molecule has 0 aromatic rings. The van der Waals surface area contributed by atoms with E-state index in [1.807, 2.05) is 0 Å². The maximum atomic E-state index is 10.9. The van der Waals surface area contributed by atoms with E-state index in [0.717, 1.165) is 23.7 Å². The number of hydrogen-bond donors (Lipinski definition) is 1. The zero-order chi connectivity index (χ0) is 15.5. The number of aliphatic hydroxyl groups is 1. The summed E-state index contributed by atoms with van der Waals surface area (Å²) >= 11 is 0. The van der Waals surface area contributed by atoms with Crippen LogP contribution in [-0.2, 0) is 4.74 Å². The van der Waals surface area contributed by atoms with Crippen LogP contribution in [0.4, 0.5) is 0 Å². The molecular formula is C20H32O2. The minimum Gasteiger partial charge on any atom is -0.367 e. The molecule has 124 valence electrons. The molecule has 0 aromatic heterocycles. The highest BCUT2D eigenvalue weighted by Gasteiger charge is 2.85. The lowest BCUT2D eigenvalue weighted by Crippen LogP contribution is -2.66. The van der Waals surface area contributed by atoms with Crippen molar-refractivity contribution < 1.29 is 9.84 Å². The van der Waals surface area contributed by atoms with Gasteiger partial charge in [0.2, 0.25) is 0 Å². The Morgan fingerprint density at radius 1 is 1.00 bits per heavy atom. The van der Waals surface area contributed by atoms with Crippen LogP contribution in [0.5, 0.6) is 0 Å². The molecule has 4 saturated carbocycles. The van der Waals surface area contributed by atoms with Crippen molar-refractivity contribution in [2.75, 3.05) is 0 Å². The van der Waals surface area contributed by atoms with Crippen molar-refractivity contribution in [1.29, 1.82) is 0 Å². The third-order valence-electron chi connectivity index (χ3n) is 9.53. The summed E-state index contributed by atoms with van der Waals surface area (Å²) in [5.41, 5.74) is 1.01. The number of rotatable bonds is 1. The first-order chi connectivity index (χ1) is 10.3. The summed E-state index contributed by atoms with van der Waals surface area (Å²) in [6, 6.07) is 0. The fourth-order valence-electron chi connectivity index (χ4n) is 8.60. The summed E-state index contributed by atoms with van der Waals surface area (Å²) in [7, 11) is 0. The SMILES string of the molecule is CC(C)[C@H]1CCC2[C@]1(C)CC[C@]13CC[C@](C)(OC1O)[C@@H]1C[C@@]213. The highest BCUT2D eigenvalue weighted by atomic mass is 16.6. The van der Waals surface area contributed by atoms with Gasteiger partial charge in [-0.25, -0.2) is 0 Å². The Hall–Kier alpha value is -0.0800. The molecule has 2 saturated heterocycles. The highest BCUT2D eigenvalue weighted by Crippen LogP contribution is 2.87. The monoisotopic (exact) mass is 304 g/mol. The van der Waals surface area contributed by atoms with Gasteiger partial charge in [0, 0.05) is 5.41 Å². The Morgan fingerprint density at radius 3 is 2.41 bits per heavy atom. The third kappa shape index (κ3) is 1.24. The molecule has 22 heavy (non-hydrogen) atoms. The van der Waals surface area contributed by atoms with Crippen LogP contribution in [0, 0.1) is 39.9 Å². The van der Waals surface area contributed by atoms with Gasteiger partial charge in [0.25, 0.3) is 0 Å². The van der Waals surface area contributed by atoms with Crippen molar-refractivity contribution >= 4 is 0 Å². The minimum absolute atomic E-state index is 0.0324. The van der Waals surface area contributed by atoms with Gasteiger partial charge in [-0.15, -0.1) is 0 Å². The molecule has 2 bridgehead atoms. The van der Waals surface area contributed by atoms with Gasteiger partial charge in [-0.05, 0) is 86.4 Å². The molecular weight excluding hydrogens is 272 g/mol. The standard InChI is InChI=1S/C20H32O2/c1-12(2)13-5-6-14-17(13,3)7-9-19-10-8-18(4,22-16(19)21)15-11-20(14,15)19/h12-16,21H,5-11H2,1-4H3/t13-,14?,15+,16?,17-,18+,19+,20-/m1/s1. The number of aliphatic hydroxyl groups excluding tert-OH is 1. The van der Waals surface area contributed by atoms with Crippen LogP contribution in [0.15, 0.2) is 0 Å². The molecule has 2 nitrogen and oxygen atoms in total. The smallest absolute Gasteiger partial charge is 0.161 e. The number of ether oxygens (including phenoxy) is 1. The molecule has 0 radical (unpaired) electrons. The zero-order valence-electron chi connectivity index (χ0n) is 14.7. The van der Waals surface area contributed by atoms with Gasteiger partial charge in [0.15, 0.2) is 6.29 Å². The van der Waals surface area contributed by atoms with Crippen molar-refractivity contribution in [3.05, 3.63) is 0 Å². The first-order valence-corrected chi connectivity index (χ1v) is 9.66. The Balaban J connectivity index is 1.62. The second-order valence-corrected chi connectivity index (χ2v) is 10.2. The van der Waals surface area contributed by atoms with Crippen LogP contribution in [0.2, 0.25) is 0 Å². The van der Waals surface area contributed by atoms with Crippen molar-refractivity contribution in [2.24, 2.45) is 39.9 Å². The predicted molar refractivity (Wildman–Crippen MR) is 86.1 cm³/mol. The van der Waals surface area contributed by atoms with Crippen LogP contribution in [0.25, 0.3) is 0 Å². The summed E-state index contributed by atoms with van der Waals surface area (Å²) in [4.78, 5) is 0. The maximum Gasteiger partial charge on any atom is 0.161 e. The third-order valence-corrected chi connectivity index (χ3v) is 9.53. The van der Waals surface area contributed by atoms with Gasteiger partial charge in [-0.2, -0.15) is 0 Å². The van der Waals surface area contributed by atoms with Crippen LogP contribution >= 0.6 is 0 Å². The van der Waals surface area contributed by atoms with Crippen LogP contribution < -0.4 is 0 Å². The van der Waals surface area contributed by atoms with E-state index in [9.17, 15) is 5.11 Å². The normalized spacial score (nSPS) is 65.2. The summed E-state index contributed by atoms with van der Waals surface area (Å²) < 4.78 is 6.19. The van der Waals surface area contributed by atoms with E-state index in [-0.39, 0.29) is 11.0 Å². The lowest BCUT2D eigenvalue weighted by Gasteiger charge is -2.65. The van der Waals surface area contributed by atoms with Gasteiger partial charge in [0.1, 0.15) is 0 Å². The zero-order valence-corrected chi connectivity index (χ0v) is 14.7. The lowest BCUT2D eigenvalue weighted by atomic mass is 9.44. The molecule has 8 atom stereocenters. The Bertz CT molecular complexity index is 530. The summed E-state index contributed by atoms with van der Waals surface area (Å²) in [6.07, 6.45) is 8.56. The largest absolute Gasteiger partial charge is 0.367 e. The Labute approximate surface area is 135 Å². The molecule has 6 aliphatic rings. The first-order valence-electron chi connectivity index (χ1n) is 9.66. The van der Waals surface area contributed by atoms with E-state index in [2.05, 4.69) is 27.7 Å². The van der Waals surface area contributed by atoms with Crippen molar-refractivity contribution in [3.63, 3.8) is 0 Å². The molecule has 4 aliphatic carbocycles. The van der Waals surface area contributed by atoms with E-state index >= 15 is 0 Å². The molecule has 6 rings (SSSR count). The Morgan fingerprint density at radius 2 is 1.73 bits per heavy atom. The molecule has 2 unspecified atom stereocenters. The Kier molecular flexibility index (Phi) is 2.45. The fraction of sp³-hybridized carbons (Fsp3) is 1.00. The van der Waals surface area contributed by atoms with Gasteiger partial charge in [0.05, 0.1) is 5.60 Å². The van der Waals surface area contributed by atoms with Gasteiger partial charge in [-0.3, -0.25) is 0 Å². The molecule has 0 aromatic carbocycles. The average Bonchev–Trinajstić information content (AvgIpc) is 3.11. The van der Waals surface area contributed by atoms with Crippen LogP contribution in [0.3, 0.4) is 0 Å². The highest BCUT2D eigenvalue weighted by molar-refractivity contribution is 5.31. The van der Waals surface area contributed by atoms with Gasteiger partial charge < -0.3 is 9.84 Å². The first kappa shape index (κ1) is 14.3. The second-order valence-electron chi connectivity index (χ2n) is 10.2. The maximum absolute atomic E-state index is 10.9. The molecule has 6 fully saturated rings. The second kappa shape index (κ2) is 3.77. The summed E-state index contributed by atoms with van der Waals surface area (Å²) in [5.74, 6) is 3.25. The minimum atomic E-state index is -0.493. The average molecular weight is 304 g/mol. The van der Waals surface area contributed by atoms with Crippen molar-refractivity contribution in [3.8, 4) is 0 Å². The van der Waals surface area contributed by atoms with E-state index < -0.39 is 6.29 Å². The van der Waals surface area contributed by atoms with E-state index in [1.54, 1.807) is 0 Å². The van der Waals surface area contributed by atoms with E-state index in [4.69, 9.17) is 4.74 Å². The van der Waals surface area contributed by atoms with Crippen molar-refractivity contribution in [2.45, 2.75) is 84.5 Å². The molecule has 2 heteroatoms. The van der Waals surface area contributed by atoms with E-state index in [0.29, 0.717) is 10.8 Å². The van der Waals surface area contributed by atoms with E-state index in [1.165, 1.54) is 44.9 Å². The van der Waals surface area contributed by atoms with Gasteiger partial charge >= 0.3 is 0 Å². The summed E-state index contributed by atoms with van der Waals surface area (Å²) in [6.45, 7) is 9.75. The lowest BCUT2D eigenvalue weighted by molar-refractivity contribution is -0.348. The quantitative estimate of drug-likeness (QED) is 0.780. The molecule has 2 heterocycles. The number of fused-ring (bicyclic) bond motifs is 3.